The Morgan fingerprint density at radius 3 is 2.52 bits per heavy atom. The predicted molar refractivity (Wildman–Crippen MR) is 106 cm³/mol. The Balaban J connectivity index is 1.35. The van der Waals surface area contributed by atoms with Crippen LogP contribution in [-0.4, -0.2) is 29.0 Å². The van der Waals surface area contributed by atoms with Crippen molar-refractivity contribution < 1.29 is 0 Å². The van der Waals surface area contributed by atoms with E-state index in [1.807, 2.05) is 0 Å². The van der Waals surface area contributed by atoms with Gasteiger partial charge in [0, 0.05) is 48.5 Å². The molecule has 0 unspecified atom stereocenters. The van der Waals surface area contributed by atoms with Crippen molar-refractivity contribution in [3.05, 3.63) is 65.4 Å². The fourth-order valence-electron chi connectivity index (χ4n) is 4.03. The molecule has 2 aromatic carbocycles. The van der Waals surface area contributed by atoms with Crippen molar-refractivity contribution in [3.8, 4) is 0 Å². The van der Waals surface area contributed by atoms with Gasteiger partial charge in [-0.1, -0.05) is 24.3 Å². The zero-order valence-electron chi connectivity index (χ0n) is 15.2. The molecule has 2 heterocycles. The van der Waals surface area contributed by atoms with Gasteiger partial charge in [-0.3, -0.25) is 4.90 Å². The third kappa shape index (κ3) is 3.72. The van der Waals surface area contributed by atoms with Crippen LogP contribution in [0.2, 0.25) is 0 Å². The van der Waals surface area contributed by atoms with Gasteiger partial charge in [0.2, 0.25) is 0 Å². The van der Waals surface area contributed by atoms with Crippen LogP contribution in [0.1, 0.15) is 29.5 Å². The fraction of sp³-hybridized carbons (Fsp3) is 0.364. The molecule has 1 saturated heterocycles. The Labute approximate surface area is 150 Å². The van der Waals surface area contributed by atoms with Crippen molar-refractivity contribution in [1.82, 2.24) is 9.88 Å². The van der Waals surface area contributed by atoms with E-state index in [1.54, 1.807) is 0 Å². The Morgan fingerprint density at radius 1 is 1.04 bits per heavy atom. The van der Waals surface area contributed by atoms with Crippen LogP contribution in [0.3, 0.4) is 0 Å². The zero-order chi connectivity index (χ0) is 17.2. The van der Waals surface area contributed by atoms with E-state index in [0.29, 0.717) is 6.04 Å². The van der Waals surface area contributed by atoms with Crippen LogP contribution in [0.15, 0.2) is 48.7 Å². The lowest BCUT2D eigenvalue weighted by Crippen LogP contribution is -2.38. The topological polar surface area (TPSA) is 31.1 Å². The summed E-state index contributed by atoms with van der Waals surface area (Å²) in [6.45, 7) is 7.69. The van der Waals surface area contributed by atoms with Crippen LogP contribution < -0.4 is 5.32 Å². The second-order valence-electron chi connectivity index (χ2n) is 7.43. The SMILES string of the molecule is Cc1cc(C)cc(NC2CCN(Cc3c[nH]c4ccccc34)CC2)c1. The minimum atomic E-state index is 0.584. The molecule has 0 amide bonds. The van der Waals surface area contributed by atoms with Gasteiger partial charge < -0.3 is 10.3 Å². The lowest BCUT2D eigenvalue weighted by molar-refractivity contribution is 0.212. The quantitative estimate of drug-likeness (QED) is 0.714. The van der Waals surface area contributed by atoms with E-state index in [0.717, 1.165) is 19.6 Å². The Hall–Kier alpha value is -2.26. The van der Waals surface area contributed by atoms with E-state index in [1.165, 1.54) is 46.1 Å². The molecule has 3 aromatic rings. The predicted octanol–water partition coefficient (Wildman–Crippen LogP) is 4.86. The number of anilines is 1. The third-order valence-corrected chi connectivity index (χ3v) is 5.25. The first-order chi connectivity index (χ1) is 12.2. The first-order valence-corrected chi connectivity index (χ1v) is 9.29. The number of H-pyrrole nitrogens is 1. The fourth-order valence-corrected chi connectivity index (χ4v) is 4.03. The van der Waals surface area contributed by atoms with Crippen LogP contribution in [0.25, 0.3) is 10.9 Å². The number of aromatic amines is 1. The van der Waals surface area contributed by atoms with E-state index >= 15 is 0 Å². The molecule has 0 saturated carbocycles. The van der Waals surface area contributed by atoms with Gasteiger partial charge in [0.05, 0.1) is 0 Å². The highest BCUT2D eigenvalue weighted by atomic mass is 15.1. The summed E-state index contributed by atoms with van der Waals surface area (Å²) in [6.07, 6.45) is 4.58. The summed E-state index contributed by atoms with van der Waals surface area (Å²) in [6, 6.07) is 15.9. The molecular formula is C22H27N3. The first kappa shape index (κ1) is 16.2. The summed E-state index contributed by atoms with van der Waals surface area (Å²) in [5.74, 6) is 0. The normalized spacial score (nSPS) is 16.4. The van der Waals surface area contributed by atoms with Gasteiger partial charge in [0.1, 0.15) is 0 Å². The minimum Gasteiger partial charge on any atom is -0.382 e. The number of hydrogen-bond acceptors (Lipinski definition) is 2. The average molecular weight is 333 g/mol. The van der Waals surface area contributed by atoms with Crippen LogP contribution in [-0.2, 0) is 6.54 Å². The molecular weight excluding hydrogens is 306 g/mol. The monoisotopic (exact) mass is 333 g/mol. The summed E-state index contributed by atoms with van der Waals surface area (Å²) in [5.41, 5.74) is 6.59. The summed E-state index contributed by atoms with van der Waals surface area (Å²) < 4.78 is 0. The molecule has 3 heteroatoms. The number of nitrogens with zero attached hydrogens (tertiary/aromatic N) is 1. The molecule has 1 aromatic heterocycles. The maximum Gasteiger partial charge on any atom is 0.0457 e. The Bertz CT molecular complexity index is 836. The molecule has 25 heavy (non-hydrogen) atoms. The number of aromatic nitrogens is 1. The number of piperidine rings is 1. The van der Waals surface area contributed by atoms with Crippen molar-refractivity contribution in [2.24, 2.45) is 0 Å². The maximum atomic E-state index is 3.74. The number of rotatable bonds is 4. The largest absolute Gasteiger partial charge is 0.382 e. The van der Waals surface area contributed by atoms with Crippen LogP contribution in [0, 0.1) is 13.8 Å². The summed E-state index contributed by atoms with van der Waals surface area (Å²) in [4.78, 5) is 5.97. The van der Waals surface area contributed by atoms with Gasteiger partial charge in [-0.2, -0.15) is 0 Å². The standard InChI is InChI=1S/C22H27N3/c1-16-11-17(2)13-20(12-16)24-19-7-9-25(10-8-19)15-18-14-23-22-6-4-3-5-21(18)22/h3-6,11-14,19,23-24H,7-10,15H2,1-2H3. The molecule has 0 radical (unpaired) electrons. The lowest BCUT2D eigenvalue weighted by atomic mass is 10.0. The highest BCUT2D eigenvalue weighted by Crippen LogP contribution is 2.23. The molecule has 4 rings (SSSR count). The smallest absolute Gasteiger partial charge is 0.0457 e. The molecule has 3 nitrogen and oxygen atoms in total. The molecule has 1 aliphatic heterocycles. The van der Waals surface area contributed by atoms with Crippen molar-refractivity contribution >= 4 is 16.6 Å². The maximum absolute atomic E-state index is 3.74. The molecule has 0 bridgehead atoms. The second kappa shape index (κ2) is 6.93. The van der Waals surface area contributed by atoms with E-state index < -0.39 is 0 Å². The minimum absolute atomic E-state index is 0.584. The molecule has 1 aliphatic rings. The number of para-hydroxylation sites is 1. The van der Waals surface area contributed by atoms with Crippen LogP contribution >= 0.6 is 0 Å². The van der Waals surface area contributed by atoms with Gasteiger partial charge in [-0.05, 0) is 61.6 Å². The third-order valence-electron chi connectivity index (χ3n) is 5.25. The molecule has 130 valence electrons. The number of fused-ring (bicyclic) bond motifs is 1. The van der Waals surface area contributed by atoms with Gasteiger partial charge in [0.15, 0.2) is 0 Å². The molecule has 0 aliphatic carbocycles. The van der Waals surface area contributed by atoms with E-state index in [9.17, 15) is 0 Å². The number of aryl methyl sites for hydroxylation is 2. The number of hydrogen-bond donors (Lipinski definition) is 2. The first-order valence-electron chi connectivity index (χ1n) is 9.29. The van der Waals surface area contributed by atoms with E-state index in [4.69, 9.17) is 0 Å². The molecule has 0 spiro atoms. The van der Waals surface area contributed by atoms with E-state index in [-0.39, 0.29) is 0 Å². The van der Waals surface area contributed by atoms with Crippen molar-refractivity contribution in [3.63, 3.8) is 0 Å². The number of nitrogens with one attached hydrogen (secondary N) is 2. The molecule has 1 fully saturated rings. The number of benzene rings is 2. The molecule has 2 N–H and O–H groups in total. The van der Waals surface area contributed by atoms with Gasteiger partial charge in [0.25, 0.3) is 0 Å². The summed E-state index contributed by atoms with van der Waals surface area (Å²) in [5, 5.41) is 5.10. The van der Waals surface area contributed by atoms with Gasteiger partial charge >= 0.3 is 0 Å². The van der Waals surface area contributed by atoms with Crippen molar-refractivity contribution in [2.45, 2.75) is 39.3 Å². The van der Waals surface area contributed by atoms with Crippen LogP contribution in [0.4, 0.5) is 5.69 Å². The zero-order valence-corrected chi connectivity index (χ0v) is 15.2. The van der Waals surface area contributed by atoms with Crippen molar-refractivity contribution in [2.75, 3.05) is 18.4 Å². The van der Waals surface area contributed by atoms with Crippen molar-refractivity contribution in [1.29, 1.82) is 0 Å². The van der Waals surface area contributed by atoms with Gasteiger partial charge in [-0.15, -0.1) is 0 Å². The highest BCUT2D eigenvalue weighted by molar-refractivity contribution is 5.82. The summed E-state index contributed by atoms with van der Waals surface area (Å²) >= 11 is 0. The van der Waals surface area contributed by atoms with Gasteiger partial charge in [-0.25, -0.2) is 0 Å². The lowest BCUT2D eigenvalue weighted by Gasteiger charge is -2.33. The molecule has 0 atom stereocenters. The number of likely N-dealkylation sites (tertiary alicyclic amines) is 1. The Morgan fingerprint density at radius 2 is 1.76 bits per heavy atom. The van der Waals surface area contributed by atoms with Crippen LogP contribution in [0.5, 0.6) is 0 Å². The summed E-state index contributed by atoms with van der Waals surface area (Å²) in [7, 11) is 0. The van der Waals surface area contributed by atoms with E-state index in [2.05, 4.69) is 77.7 Å². The second-order valence-corrected chi connectivity index (χ2v) is 7.43. The average Bonchev–Trinajstić information content (AvgIpc) is 2.99. The highest BCUT2D eigenvalue weighted by Gasteiger charge is 2.20. The Kier molecular flexibility index (Phi) is 4.50.